The lowest BCUT2D eigenvalue weighted by molar-refractivity contribution is -0.119. The van der Waals surface area contributed by atoms with E-state index >= 15 is 0 Å². The summed E-state index contributed by atoms with van der Waals surface area (Å²) in [6.45, 7) is 8.42. The van der Waals surface area contributed by atoms with Crippen molar-refractivity contribution in [2.45, 2.75) is 33.7 Å². The van der Waals surface area contributed by atoms with E-state index in [0.29, 0.717) is 33.5 Å². The number of ether oxygens (including phenoxy) is 1. The van der Waals surface area contributed by atoms with E-state index in [1.807, 2.05) is 24.3 Å². The van der Waals surface area contributed by atoms with E-state index in [1.165, 1.54) is 18.3 Å². The van der Waals surface area contributed by atoms with E-state index in [4.69, 9.17) is 9.26 Å². The second-order valence-electron chi connectivity index (χ2n) is 6.77. The first kappa shape index (κ1) is 19.8. The van der Waals surface area contributed by atoms with E-state index in [1.54, 1.807) is 13.1 Å². The fourth-order valence-electron chi connectivity index (χ4n) is 2.38. The summed E-state index contributed by atoms with van der Waals surface area (Å²) in [6, 6.07) is 7.39. The van der Waals surface area contributed by atoms with Crippen molar-refractivity contribution in [1.29, 1.82) is 0 Å². The van der Waals surface area contributed by atoms with E-state index in [9.17, 15) is 4.79 Å². The Hall–Kier alpha value is -2.94. The summed E-state index contributed by atoms with van der Waals surface area (Å²) < 4.78 is 11.1. The number of hydrogen-bond donors (Lipinski definition) is 2. The van der Waals surface area contributed by atoms with E-state index in [0.717, 1.165) is 12.2 Å². The third-order valence-electron chi connectivity index (χ3n) is 3.69. The summed E-state index contributed by atoms with van der Waals surface area (Å²) in [6.07, 6.45) is 1.64. The molecule has 2 N–H and O–H groups in total. The van der Waals surface area contributed by atoms with Crippen molar-refractivity contribution < 1.29 is 14.1 Å². The van der Waals surface area contributed by atoms with Crippen LogP contribution in [0.4, 0.5) is 5.69 Å². The number of benzene rings is 1. The number of carbonyl (C=O) groups excluding carboxylic acids is 1. The van der Waals surface area contributed by atoms with Gasteiger partial charge in [-0.3, -0.25) is 4.79 Å². The standard InChI is InChI=1S/C19H23N5O3S/c1-11(2)9-20-14-6-5-7-15(8-14)26-19-21-10-16(28-19)17-23-18(27-24-17)12(3)22-13(4)25/h5-8,10-12,20H,9H2,1-4H3,(H,22,25). The topological polar surface area (TPSA) is 102 Å². The van der Waals surface area contributed by atoms with Gasteiger partial charge < -0.3 is 19.9 Å². The predicted molar refractivity (Wildman–Crippen MR) is 107 cm³/mol. The number of carbonyl (C=O) groups is 1. The van der Waals surface area contributed by atoms with Gasteiger partial charge in [-0.05, 0) is 25.0 Å². The van der Waals surface area contributed by atoms with Crippen LogP contribution in [0.3, 0.4) is 0 Å². The minimum Gasteiger partial charge on any atom is -0.431 e. The predicted octanol–water partition coefficient (Wildman–Crippen LogP) is 4.25. The van der Waals surface area contributed by atoms with Gasteiger partial charge in [0.2, 0.25) is 17.6 Å². The zero-order valence-corrected chi connectivity index (χ0v) is 17.0. The maximum atomic E-state index is 11.1. The van der Waals surface area contributed by atoms with Crippen LogP contribution in [0.1, 0.15) is 39.6 Å². The molecule has 8 nitrogen and oxygen atoms in total. The van der Waals surface area contributed by atoms with Crippen molar-refractivity contribution in [3.8, 4) is 21.6 Å². The van der Waals surface area contributed by atoms with Crippen LogP contribution in [0.15, 0.2) is 35.0 Å². The van der Waals surface area contributed by atoms with Crippen LogP contribution >= 0.6 is 11.3 Å². The highest BCUT2D eigenvalue weighted by atomic mass is 32.1. The van der Waals surface area contributed by atoms with Gasteiger partial charge in [-0.25, -0.2) is 4.98 Å². The highest BCUT2D eigenvalue weighted by Gasteiger charge is 2.18. The van der Waals surface area contributed by atoms with Crippen LogP contribution in [0.2, 0.25) is 0 Å². The number of rotatable bonds is 8. The molecule has 0 fully saturated rings. The van der Waals surface area contributed by atoms with Gasteiger partial charge in [0.15, 0.2) is 0 Å². The lowest BCUT2D eigenvalue weighted by Crippen LogP contribution is -2.23. The molecule has 0 aliphatic heterocycles. The smallest absolute Gasteiger partial charge is 0.279 e. The van der Waals surface area contributed by atoms with Crippen molar-refractivity contribution in [2.75, 3.05) is 11.9 Å². The van der Waals surface area contributed by atoms with E-state index in [-0.39, 0.29) is 11.9 Å². The maximum Gasteiger partial charge on any atom is 0.279 e. The Kier molecular flexibility index (Phi) is 6.25. The van der Waals surface area contributed by atoms with Crippen molar-refractivity contribution in [2.24, 2.45) is 5.92 Å². The minimum atomic E-state index is -0.358. The molecule has 2 heterocycles. The summed E-state index contributed by atoms with van der Waals surface area (Å²) in [4.78, 5) is 20.5. The number of hydrogen-bond acceptors (Lipinski definition) is 8. The summed E-state index contributed by atoms with van der Waals surface area (Å²) in [5, 5.41) is 10.5. The summed E-state index contributed by atoms with van der Waals surface area (Å²) in [5.74, 6) is 1.84. The lowest BCUT2D eigenvalue weighted by Gasteiger charge is -2.10. The third kappa shape index (κ3) is 5.29. The quantitative estimate of drug-likeness (QED) is 0.582. The SMILES string of the molecule is CC(=O)NC(C)c1nc(-c2cnc(Oc3cccc(NCC(C)C)c3)s2)no1. The highest BCUT2D eigenvalue weighted by molar-refractivity contribution is 7.16. The first-order valence-corrected chi connectivity index (χ1v) is 9.81. The lowest BCUT2D eigenvalue weighted by atomic mass is 10.2. The Morgan fingerprint density at radius 2 is 2.14 bits per heavy atom. The van der Waals surface area contributed by atoms with Crippen molar-refractivity contribution in [3.63, 3.8) is 0 Å². The molecule has 0 saturated heterocycles. The van der Waals surface area contributed by atoms with Crippen LogP contribution in [0.5, 0.6) is 10.9 Å². The molecule has 3 aromatic rings. The van der Waals surface area contributed by atoms with Crippen LogP contribution < -0.4 is 15.4 Å². The molecule has 0 radical (unpaired) electrons. The van der Waals surface area contributed by atoms with Gasteiger partial charge >= 0.3 is 0 Å². The Bertz CT molecular complexity index is 937. The molecule has 1 amide bonds. The third-order valence-corrected chi connectivity index (χ3v) is 4.56. The van der Waals surface area contributed by atoms with Crippen molar-refractivity contribution >= 4 is 22.9 Å². The van der Waals surface area contributed by atoms with Crippen LogP contribution in [0.25, 0.3) is 10.7 Å². The molecule has 0 saturated carbocycles. The number of anilines is 1. The molecule has 1 aromatic carbocycles. The number of amides is 1. The average Bonchev–Trinajstić information content (AvgIpc) is 3.29. The van der Waals surface area contributed by atoms with Crippen molar-refractivity contribution in [1.82, 2.24) is 20.4 Å². The van der Waals surface area contributed by atoms with E-state index in [2.05, 4.69) is 39.6 Å². The van der Waals surface area contributed by atoms with Crippen LogP contribution in [-0.4, -0.2) is 27.6 Å². The second kappa shape index (κ2) is 8.83. The Morgan fingerprint density at radius 1 is 1.32 bits per heavy atom. The number of thiazole rings is 1. The molecular formula is C19H23N5O3S. The maximum absolute atomic E-state index is 11.1. The fourth-order valence-corrected chi connectivity index (χ4v) is 3.09. The Morgan fingerprint density at radius 3 is 2.89 bits per heavy atom. The zero-order chi connectivity index (χ0) is 20.1. The number of aromatic nitrogens is 3. The van der Waals surface area contributed by atoms with Gasteiger partial charge in [-0.2, -0.15) is 4.98 Å². The first-order chi connectivity index (χ1) is 13.4. The molecule has 2 aromatic heterocycles. The molecular weight excluding hydrogens is 378 g/mol. The van der Waals surface area contributed by atoms with E-state index < -0.39 is 0 Å². The van der Waals surface area contributed by atoms with Gasteiger partial charge in [-0.1, -0.05) is 36.4 Å². The summed E-state index contributed by atoms with van der Waals surface area (Å²) >= 11 is 1.32. The second-order valence-corrected chi connectivity index (χ2v) is 7.77. The fraction of sp³-hybridized carbons (Fsp3) is 0.368. The molecule has 28 heavy (non-hydrogen) atoms. The average molecular weight is 401 g/mol. The highest BCUT2D eigenvalue weighted by Crippen LogP contribution is 2.32. The van der Waals surface area contributed by atoms with Gasteiger partial charge in [0.1, 0.15) is 11.8 Å². The van der Waals surface area contributed by atoms with Crippen molar-refractivity contribution in [3.05, 3.63) is 36.4 Å². The van der Waals surface area contributed by atoms with Gasteiger partial charge in [0.25, 0.3) is 5.19 Å². The molecule has 0 aliphatic carbocycles. The Labute approximate surface area is 167 Å². The molecule has 148 valence electrons. The summed E-state index contributed by atoms with van der Waals surface area (Å²) in [7, 11) is 0. The summed E-state index contributed by atoms with van der Waals surface area (Å²) in [5.41, 5.74) is 0.998. The largest absolute Gasteiger partial charge is 0.431 e. The molecule has 9 heteroatoms. The number of nitrogens with one attached hydrogen (secondary N) is 2. The van der Waals surface area contributed by atoms with Crippen LogP contribution in [-0.2, 0) is 4.79 Å². The Balaban J connectivity index is 1.67. The molecule has 0 aliphatic rings. The molecule has 0 spiro atoms. The minimum absolute atomic E-state index is 0.161. The molecule has 3 rings (SSSR count). The number of nitrogens with zero attached hydrogens (tertiary/aromatic N) is 3. The van der Waals surface area contributed by atoms with Gasteiger partial charge in [0, 0.05) is 25.2 Å². The van der Waals surface area contributed by atoms with Gasteiger partial charge in [-0.15, -0.1) is 0 Å². The molecule has 0 bridgehead atoms. The molecule has 1 atom stereocenters. The zero-order valence-electron chi connectivity index (χ0n) is 16.2. The van der Waals surface area contributed by atoms with Gasteiger partial charge in [0.05, 0.1) is 11.1 Å². The molecule has 1 unspecified atom stereocenters. The first-order valence-electron chi connectivity index (χ1n) is 8.99. The monoisotopic (exact) mass is 401 g/mol. The van der Waals surface area contributed by atoms with Crippen LogP contribution in [0, 0.1) is 5.92 Å². The normalized spacial score (nSPS) is 12.0.